The first-order valence-corrected chi connectivity index (χ1v) is 9.18. The van der Waals surface area contributed by atoms with Crippen molar-refractivity contribution in [3.8, 4) is 0 Å². The highest BCUT2D eigenvalue weighted by Gasteiger charge is 2.44. The van der Waals surface area contributed by atoms with E-state index in [1.807, 2.05) is 18.2 Å². The minimum atomic E-state index is -0.0124. The molecule has 0 radical (unpaired) electrons. The molecular weight excluding hydrogens is 336 g/mol. The second-order valence-electron chi connectivity index (χ2n) is 7.37. The number of hydrogen-bond donors (Lipinski definition) is 2. The second kappa shape index (κ2) is 8.56. The number of amides is 1. The Bertz CT molecular complexity index is 624. The molecule has 6 heteroatoms. The molecule has 0 aromatic heterocycles. The Morgan fingerprint density at radius 3 is 2.60 bits per heavy atom. The largest absolute Gasteiger partial charge is 0.356 e. The predicted octanol–water partition coefficient (Wildman–Crippen LogP) is 2.65. The average molecular weight is 365 g/mol. The zero-order valence-corrected chi connectivity index (χ0v) is 16.4. The third-order valence-corrected chi connectivity index (χ3v) is 4.67. The van der Waals surface area contributed by atoms with Crippen molar-refractivity contribution in [2.75, 3.05) is 33.7 Å². The summed E-state index contributed by atoms with van der Waals surface area (Å²) in [5.74, 6) is 1.18. The van der Waals surface area contributed by atoms with Crippen LogP contribution in [0.25, 0.3) is 0 Å². The standard InChI is InChI=1S/C19H29ClN4O/c1-14(2)11-21-18(22-12-17(25)24(3)4)23-13-19(8-9-19)15-6-5-7-16(20)10-15/h5-7,10,14H,8-9,11-13H2,1-4H3,(H2,21,22,23). The van der Waals surface area contributed by atoms with Crippen LogP contribution in [0.3, 0.4) is 0 Å². The van der Waals surface area contributed by atoms with Crippen LogP contribution in [0.1, 0.15) is 32.3 Å². The fourth-order valence-corrected chi connectivity index (χ4v) is 2.74. The summed E-state index contributed by atoms with van der Waals surface area (Å²) >= 11 is 6.14. The van der Waals surface area contributed by atoms with Crippen LogP contribution in [-0.2, 0) is 10.2 Å². The smallest absolute Gasteiger partial charge is 0.243 e. The fourth-order valence-electron chi connectivity index (χ4n) is 2.55. The molecule has 25 heavy (non-hydrogen) atoms. The minimum absolute atomic E-state index is 0.0124. The van der Waals surface area contributed by atoms with Crippen molar-refractivity contribution in [3.63, 3.8) is 0 Å². The van der Waals surface area contributed by atoms with E-state index in [0.29, 0.717) is 11.9 Å². The summed E-state index contributed by atoms with van der Waals surface area (Å²) in [6.45, 7) is 6.03. The maximum atomic E-state index is 11.8. The molecule has 138 valence electrons. The van der Waals surface area contributed by atoms with Crippen molar-refractivity contribution in [3.05, 3.63) is 34.9 Å². The molecule has 1 aromatic rings. The Balaban J connectivity index is 2.01. The normalized spacial score (nSPS) is 15.8. The number of benzene rings is 1. The number of rotatable bonds is 7. The molecule has 1 amide bonds. The molecule has 0 bridgehead atoms. The lowest BCUT2D eigenvalue weighted by molar-refractivity contribution is -0.127. The number of carbonyl (C=O) groups excluding carboxylic acids is 1. The van der Waals surface area contributed by atoms with E-state index in [1.54, 1.807) is 19.0 Å². The van der Waals surface area contributed by atoms with Gasteiger partial charge in [0.15, 0.2) is 5.96 Å². The van der Waals surface area contributed by atoms with E-state index in [0.717, 1.165) is 31.0 Å². The summed E-state index contributed by atoms with van der Waals surface area (Å²) in [4.78, 5) is 17.8. The van der Waals surface area contributed by atoms with Crippen LogP contribution in [0.4, 0.5) is 0 Å². The van der Waals surface area contributed by atoms with E-state index >= 15 is 0 Å². The van der Waals surface area contributed by atoms with Gasteiger partial charge < -0.3 is 15.5 Å². The number of nitrogens with one attached hydrogen (secondary N) is 2. The van der Waals surface area contributed by atoms with Gasteiger partial charge in [-0.05, 0) is 36.5 Å². The first-order chi connectivity index (χ1) is 11.8. The highest BCUT2D eigenvalue weighted by Crippen LogP contribution is 2.48. The Morgan fingerprint density at radius 1 is 1.32 bits per heavy atom. The van der Waals surface area contributed by atoms with E-state index in [2.05, 4.69) is 35.5 Å². The maximum absolute atomic E-state index is 11.8. The summed E-state index contributed by atoms with van der Waals surface area (Å²) in [7, 11) is 3.48. The van der Waals surface area contributed by atoms with Gasteiger partial charge in [0.2, 0.25) is 5.91 Å². The first-order valence-electron chi connectivity index (χ1n) is 8.81. The molecule has 0 aliphatic heterocycles. The maximum Gasteiger partial charge on any atom is 0.243 e. The molecule has 1 fully saturated rings. The Labute approximate surface area is 155 Å². The predicted molar refractivity (Wildman–Crippen MR) is 104 cm³/mol. The van der Waals surface area contributed by atoms with Gasteiger partial charge in [0.25, 0.3) is 0 Å². The monoisotopic (exact) mass is 364 g/mol. The third kappa shape index (κ3) is 5.92. The van der Waals surface area contributed by atoms with E-state index in [1.165, 1.54) is 5.56 Å². The summed E-state index contributed by atoms with van der Waals surface area (Å²) in [6.07, 6.45) is 2.27. The average Bonchev–Trinajstić information content (AvgIpc) is 3.34. The lowest BCUT2D eigenvalue weighted by Gasteiger charge is -2.20. The van der Waals surface area contributed by atoms with Crippen LogP contribution < -0.4 is 10.6 Å². The lowest BCUT2D eigenvalue weighted by atomic mass is 9.96. The van der Waals surface area contributed by atoms with Gasteiger partial charge in [-0.15, -0.1) is 0 Å². The van der Waals surface area contributed by atoms with E-state index in [9.17, 15) is 4.79 Å². The number of carbonyl (C=O) groups is 1. The van der Waals surface area contributed by atoms with Gasteiger partial charge in [0.1, 0.15) is 6.54 Å². The molecule has 2 N–H and O–H groups in total. The number of likely N-dealkylation sites (N-methyl/N-ethyl adjacent to an activating group) is 1. The zero-order chi connectivity index (χ0) is 18.4. The van der Waals surface area contributed by atoms with Gasteiger partial charge in [-0.1, -0.05) is 37.6 Å². The highest BCUT2D eigenvalue weighted by atomic mass is 35.5. The molecule has 1 saturated carbocycles. The number of nitrogens with zero attached hydrogens (tertiary/aromatic N) is 2. The van der Waals surface area contributed by atoms with Gasteiger partial charge in [-0.25, -0.2) is 4.99 Å². The molecule has 0 atom stereocenters. The molecule has 1 aliphatic rings. The molecule has 5 nitrogen and oxygen atoms in total. The van der Waals surface area contributed by atoms with Gasteiger partial charge in [0, 0.05) is 37.6 Å². The number of guanidine groups is 1. The van der Waals surface area contributed by atoms with Crippen LogP contribution in [0.15, 0.2) is 29.3 Å². The van der Waals surface area contributed by atoms with Gasteiger partial charge in [-0.2, -0.15) is 0 Å². The summed E-state index contributed by atoms with van der Waals surface area (Å²) in [6, 6.07) is 8.08. The van der Waals surface area contributed by atoms with Crippen molar-refractivity contribution >= 4 is 23.5 Å². The molecule has 0 saturated heterocycles. The second-order valence-corrected chi connectivity index (χ2v) is 7.81. The topological polar surface area (TPSA) is 56.7 Å². The van der Waals surface area contributed by atoms with Gasteiger partial charge in [0.05, 0.1) is 0 Å². The summed E-state index contributed by atoms with van der Waals surface area (Å²) in [5, 5.41) is 7.50. The van der Waals surface area contributed by atoms with Crippen LogP contribution >= 0.6 is 11.6 Å². The van der Waals surface area contributed by atoms with Crippen LogP contribution in [0, 0.1) is 5.92 Å². The van der Waals surface area contributed by atoms with E-state index in [-0.39, 0.29) is 17.9 Å². The van der Waals surface area contributed by atoms with Crippen LogP contribution in [0.5, 0.6) is 0 Å². The van der Waals surface area contributed by atoms with Crippen molar-refractivity contribution in [1.29, 1.82) is 0 Å². The SMILES string of the molecule is CC(C)CNC(=NCC(=O)N(C)C)NCC1(c2cccc(Cl)c2)CC1. The quantitative estimate of drug-likeness (QED) is 0.577. The minimum Gasteiger partial charge on any atom is -0.356 e. The van der Waals surface area contributed by atoms with Crippen molar-refractivity contribution in [2.45, 2.75) is 32.1 Å². The van der Waals surface area contributed by atoms with Crippen LogP contribution in [-0.4, -0.2) is 50.5 Å². The molecule has 0 heterocycles. The molecule has 0 spiro atoms. The first kappa shape index (κ1) is 19.6. The third-order valence-electron chi connectivity index (χ3n) is 4.43. The Morgan fingerprint density at radius 2 is 2.04 bits per heavy atom. The van der Waals surface area contributed by atoms with Crippen molar-refractivity contribution < 1.29 is 4.79 Å². The molecular formula is C19H29ClN4O. The number of aliphatic imine (C=N–C) groups is 1. The molecule has 2 rings (SSSR count). The summed E-state index contributed by atoms with van der Waals surface area (Å²) in [5.41, 5.74) is 1.39. The highest BCUT2D eigenvalue weighted by molar-refractivity contribution is 6.30. The Hall–Kier alpha value is -1.75. The van der Waals surface area contributed by atoms with Crippen molar-refractivity contribution in [1.82, 2.24) is 15.5 Å². The Kier molecular flexibility index (Phi) is 6.71. The fraction of sp³-hybridized carbons (Fsp3) is 0.579. The van der Waals surface area contributed by atoms with Gasteiger partial charge >= 0.3 is 0 Å². The molecule has 0 unspecified atom stereocenters. The van der Waals surface area contributed by atoms with E-state index < -0.39 is 0 Å². The number of halogens is 1. The molecule has 1 aliphatic carbocycles. The van der Waals surface area contributed by atoms with Gasteiger partial charge in [-0.3, -0.25) is 4.79 Å². The lowest BCUT2D eigenvalue weighted by Crippen LogP contribution is -2.43. The van der Waals surface area contributed by atoms with Crippen molar-refractivity contribution in [2.24, 2.45) is 10.9 Å². The molecule has 1 aromatic carbocycles. The zero-order valence-electron chi connectivity index (χ0n) is 15.6. The van der Waals surface area contributed by atoms with E-state index in [4.69, 9.17) is 11.6 Å². The summed E-state index contributed by atoms with van der Waals surface area (Å²) < 4.78 is 0. The van der Waals surface area contributed by atoms with Crippen LogP contribution in [0.2, 0.25) is 5.02 Å². The number of hydrogen-bond acceptors (Lipinski definition) is 2.